The molecular formula is C11H15Br2N3. The molecule has 0 aliphatic heterocycles. The van der Waals surface area contributed by atoms with Crippen LogP contribution in [-0.2, 0) is 0 Å². The van der Waals surface area contributed by atoms with Crippen molar-refractivity contribution in [2.24, 2.45) is 5.73 Å². The fourth-order valence-electron chi connectivity index (χ4n) is 2.19. The summed E-state index contributed by atoms with van der Waals surface area (Å²) in [5, 5.41) is 3.50. The average Bonchev–Trinajstić information content (AvgIpc) is 2.72. The minimum atomic E-state index is 0.0450. The number of nitrogens with two attached hydrogens (primary N) is 1. The molecule has 5 heteroatoms. The van der Waals surface area contributed by atoms with Crippen LogP contribution < -0.4 is 11.1 Å². The molecule has 0 atom stereocenters. The summed E-state index contributed by atoms with van der Waals surface area (Å²) < 4.78 is 1.94. The molecule has 1 aliphatic rings. The average molecular weight is 349 g/mol. The number of aromatic nitrogens is 1. The van der Waals surface area contributed by atoms with E-state index < -0.39 is 0 Å². The van der Waals surface area contributed by atoms with Crippen molar-refractivity contribution in [2.45, 2.75) is 31.2 Å². The molecule has 16 heavy (non-hydrogen) atoms. The van der Waals surface area contributed by atoms with Crippen LogP contribution in [0.15, 0.2) is 21.2 Å². The largest absolute Gasteiger partial charge is 0.362 e. The Kier molecular flexibility index (Phi) is 3.87. The molecular weight excluding hydrogens is 334 g/mol. The predicted molar refractivity (Wildman–Crippen MR) is 73.5 cm³/mol. The Balaban J connectivity index is 2.19. The van der Waals surface area contributed by atoms with E-state index >= 15 is 0 Å². The van der Waals surface area contributed by atoms with E-state index in [1.165, 1.54) is 12.8 Å². The standard InChI is InChI=1S/C11H15Br2N3/c12-8-5-9(13)10(15-6-8)16-11(7-14)3-1-2-4-11/h5-6H,1-4,7,14H2,(H,15,16). The van der Waals surface area contributed by atoms with Gasteiger partial charge in [-0.1, -0.05) is 12.8 Å². The van der Waals surface area contributed by atoms with Crippen LogP contribution in [0.3, 0.4) is 0 Å². The van der Waals surface area contributed by atoms with Crippen molar-refractivity contribution in [1.29, 1.82) is 0 Å². The highest BCUT2D eigenvalue weighted by Gasteiger charge is 2.32. The molecule has 0 radical (unpaired) electrons. The maximum absolute atomic E-state index is 5.88. The van der Waals surface area contributed by atoms with Gasteiger partial charge in [0.15, 0.2) is 0 Å². The SMILES string of the molecule is NCC1(Nc2ncc(Br)cc2Br)CCCC1. The van der Waals surface area contributed by atoms with Crippen molar-refractivity contribution in [3.05, 3.63) is 21.2 Å². The number of nitrogens with one attached hydrogen (secondary N) is 1. The Bertz CT molecular complexity index is 375. The number of pyridine rings is 1. The van der Waals surface area contributed by atoms with E-state index in [0.29, 0.717) is 6.54 Å². The first-order chi connectivity index (χ1) is 7.65. The quantitative estimate of drug-likeness (QED) is 0.881. The van der Waals surface area contributed by atoms with E-state index in [1.54, 1.807) is 6.20 Å². The molecule has 3 N–H and O–H groups in total. The van der Waals surface area contributed by atoms with Gasteiger partial charge < -0.3 is 11.1 Å². The molecule has 0 unspecified atom stereocenters. The van der Waals surface area contributed by atoms with Crippen LogP contribution >= 0.6 is 31.9 Å². The van der Waals surface area contributed by atoms with Crippen molar-refractivity contribution in [1.82, 2.24) is 4.98 Å². The Morgan fingerprint density at radius 2 is 2.06 bits per heavy atom. The third-order valence-corrected chi connectivity index (χ3v) is 4.18. The number of hydrogen-bond donors (Lipinski definition) is 2. The number of hydrogen-bond acceptors (Lipinski definition) is 3. The van der Waals surface area contributed by atoms with Gasteiger partial charge in [0.25, 0.3) is 0 Å². The zero-order valence-electron chi connectivity index (χ0n) is 8.97. The molecule has 1 saturated carbocycles. The van der Waals surface area contributed by atoms with E-state index in [-0.39, 0.29) is 5.54 Å². The molecule has 1 aliphatic carbocycles. The maximum Gasteiger partial charge on any atom is 0.140 e. The molecule has 1 heterocycles. The molecule has 0 amide bonds. The van der Waals surface area contributed by atoms with Crippen LogP contribution in [0.2, 0.25) is 0 Å². The van der Waals surface area contributed by atoms with Gasteiger partial charge >= 0.3 is 0 Å². The summed E-state index contributed by atoms with van der Waals surface area (Å²) >= 11 is 6.91. The lowest BCUT2D eigenvalue weighted by Crippen LogP contribution is -2.43. The normalized spacial score (nSPS) is 18.7. The van der Waals surface area contributed by atoms with Gasteiger partial charge in [-0.05, 0) is 50.8 Å². The first-order valence-electron chi connectivity index (χ1n) is 5.44. The fourth-order valence-corrected chi connectivity index (χ4v) is 3.28. The second-order valence-corrected chi connectivity index (χ2v) is 6.07. The Labute approximate surface area is 112 Å². The fraction of sp³-hybridized carbons (Fsp3) is 0.545. The number of nitrogens with zero attached hydrogens (tertiary/aromatic N) is 1. The van der Waals surface area contributed by atoms with Gasteiger partial charge in [-0.15, -0.1) is 0 Å². The van der Waals surface area contributed by atoms with E-state index in [0.717, 1.165) is 27.6 Å². The third kappa shape index (κ3) is 2.57. The Morgan fingerprint density at radius 1 is 1.38 bits per heavy atom. The number of rotatable bonds is 3. The first kappa shape index (κ1) is 12.3. The lowest BCUT2D eigenvalue weighted by molar-refractivity contribution is 0.491. The molecule has 1 aromatic rings. The monoisotopic (exact) mass is 347 g/mol. The summed E-state index contributed by atoms with van der Waals surface area (Å²) in [5.41, 5.74) is 5.93. The topological polar surface area (TPSA) is 50.9 Å². The van der Waals surface area contributed by atoms with Gasteiger partial charge in [0.1, 0.15) is 5.82 Å². The molecule has 1 aromatic heterocycles. The molecule has 88 valence electrons. The molecule has 1 fully saturated rings. The Hall–Kier alpha value is -0.130. The highest BCUT2D eigenvalue weighted by atomic mass is 79.9. The molecule has 3 nitrogen and oxygen atoms in total. The van der Waals surface area contributed by atoms with E-state index in [2.05, 4.69) is 42.2 Å². The molecule has 0 saturated heterocycles. The van der Waals surface area contributed by atoms with Gasteiger partial charge in [-0.25, -0.2) is 4.98 Å². The summed E-state index contributed by atoms with van der Waals surface area (Å²) in [6.07, 6.45) is 6.56. The maximum atomic E-state index is 5.88. The highest BCUT2D eigenvalue weighted by molar-refractivity contribution is 9.11. The van der Waals surface area contributed by atoms with Crippen molar-refractivity contribution in [2.75, 3.05) is 11.9 Å². The molecule has 0 aromatic carbocycles. The van der Waals surface area contributed by atoms with E-state index in [9.17, 15) is 0 Å². The van der Waals surface area contributed by atoms with Gasteiger partial charge in [-0.3, -0.25) is 0 Å². The summed E-state index contributed by atoms with van der Waals surface area (Å²) in [6, 6.07) is 1.99. The summed E-state index contributed by atoms with van der Waals surface area (Å²) in [7, 11) is 0. The summed E-state index contributed by atoms with van der Waals surface area (Å²) in [5.74, 6) is 0.885. The molecule has 2 rings (SSSR count). The minimum absolute atomic E-state index is 0.0450. The molecule has 0 bridgehead atoms. The van der Waals surface area contributed by atoms with Gasteiger partial charge in [-0.2, -0.15) is 0 Å². The number of halogens is 2. The minimum Gasteiger partial charge on any atom is -0.362 e. The zero-order chi connectivity index (χ0) is 11.6. The van der Waals surface area contributed by atoms with Crippen LogP contribution in [0, 0.1) is 0 Å². The highest BCUT2D eigenvalue weighted by Crippen LogP contribution is 2.34. The third-order valence-electron chi connectivity index (χ3n) is 3.14. The van der Waals surface area contributed by atoms with E-state index in [4.69, 9.17) is 5.73 Å². The van der Waals surface area contributed by atoms with Crippen LogP contribution in [0.4, 0.5) is 5.82 Å². The van der Waals surface area contributed by atoms with Crippen molar-refractivity contribution in [3.63, 3.8) is 0 Å². The van der Waals surface area contributed by atoms with Crippen molar-refractivity contribution in [3.8, 4) is 0 Å². The lowest BCUT2D eigenvalue weighted by atomic mass is 9.98. The summed E-state index contributed by atoms with van der Waals surface area (Å²) in [6.45, 7) is 0.664. The smallest absolute Gasteiger partial charge is 0.140 e. The van der Waals surface area contributed by atoms with Crippen LogP contribution in [-0.4, -0.2) is 17.1 Å². The number of anilines is 1. The molecule has 0 spiro atoms. The second kappa shape index (κ2) is 5.02. The first-order valence-corrected chi connectivity index (χ1v) is 7.03. The Morgan fingerprint density at radius 3 is 2.62 bits per heavy atom. The van der Waals surface area contributed by atoms with Gasteiger partial charge in [0.2, 0.25) is 0 Å². The van der Waals surface area contributed by atoms with Gasteiger partial charge in [0.05, 0.1) is 10.0 Å². The second-order valence-electron chi connectivity index (χ2n) is 4.30. The lowest BCUT2D eigenvalue weighted by Gasteiger charge is -2.29. The van der Waals surface area contributed by atoms with Crippen LogP contribution in [0.25, 0.3) is 0 Å². The van der Waals surface area contributed by atoms with Crippen molar-refractivity contribution < 1.29 is 0 Å². The predicted octanol–water partition coefficient (Wildman–Crippen LogP) is 3.29. The zero-order valence-corrected chi connectivity index (χ0v) is 12.1. The summed E-state index contributed by atoms with van der Waals surface area (Å²) in [4.78, 5) is 4.37. The van der Waals surface area contributed by atoms with Crippen LogP contribution in [0.5, 0.6) is 0 Å². The van der Waals surface area contributed by atoms with Crippen LogP contribution in [0.1, 0.15) is 25.7 Å². The van der Waals surface area contributed by atoms with Crippen molar-refractivity contribution >= 4 is 37.7 Å². The van der Waals surface area contributed by atoms with Gasteiger partial charge in [0, 0.05) is 17.2 Å². The van der Waals surface area contributed by atoms with E-state index in [1.807, 2.05) is 6.07 Å².